The molecule has 1 aromatic heterocycles. The summed E-state index contributed by atoms with van der Waals surface area (Å²) in [6.07, 6.45) is 9.49. The summed E-state index contributed by atoms with van der Waals surface area (Å²) in [5, 5.41) is 1.24. The lowest BCUT2D eigenvalue weighted by molar-refractivity contribution is 0.188. The van der Waals surface area contributed by atoms with Gasteiger partial charge in [0.2, 0.25) is 0 Å². The zero-order chi connectivity index (χ0) is 56.2. The lowest BCUT2D eigenvalue weighted by Crippen LogP contribution is -2.61. The Balaban J connectivity index is 1.18. The van der Waals surface area contributed by atoms with Crippen molar-refractivity contribution in [3.05, 3.63) is 172 Å². The second-order valence-electron chi connectivity index (χ2n) is 31.2. The normalized spacial score (nSPS) is 22.5. The van der Waals surface area contributed by atoms with E-state index in [9.17, 15) is 0 Å². The van der Waals surface area contributed by atoms with Crippen molar-refractivity contribution in [2.75, 3.05) is 9.80 Å². The average molecular weight is 1050 g/mol. The van der Waals surface area contributed by atoms with Gasteiger partial charge in [-0.15, -0.1) is 0 Å². The lowest BCUT2D eigenvalue weighted by Gasteiger charge is -2.52. The van der Waals surface area contributed by atoms with Gasteiger partial charge in [0.15, 0.2) is 0 Å². The third-order valence-electron chi connectivity index (χ3n) is 21.9. The van der Waals surface area contributed by atoms with Gasteiger partial charge >= 0.3 is 0 Å². The molecular weight excluding hydrogens is 968 g/mol. The molecule has 8 aromatic rings. The Hall–Kier alpha value is -6.26. The van der Waals surface area contributed by atoms with Crippen molar-refractivity contribution in [1.29, 1.82) is 0 Å². The summed E-state index contributed by atoms with van der Waals surface area (Å²) in [5.74, 6) is 0. The molecule has 3 heterocycles. The minimum atomic E-state index is -0.190. The van der Waals surface area contributed by atoms with Gasteiger partial charge in [-0.05, 0) is 216 Å². The third-order valence-corrected chi connectivity index (χ3v) is 21.9. The molecule has 2 bridgehead atoms. The van der Waals surface area contributed by atoms with Crippen LogP contribution >= 0.6 is 0 Å². The van der Waals surface area contributed by atoms with Crippen LogP contribution in [0.5, 0.6) is 0 Å². The Morgan fingerprint density at radius 1 is 0.400 bits per heavy atom. The molecule has 15 rings (SSSR count). The number of furan rings is 1. The molecule has 5 aliphatic carbocycles. The molecule has 0 unspecified atom stereocenters. The molecule has 3 nitrogen and oxygen atoms in total. The maximum Gasteiger partial charge on any atom is 0.297 e. The van der Waals surface area contributed by atoms with Crippen LogP contribution in [0.25, 0.3) is 33.2 Å². The zero-order valence-corrected chi connectivity index (χ0v) is 51.2. The molecule has 7 aromatic carbocycles. The van der Waals surface area contributed by atoms with Crippen molar-refractivity contribution < 1.29 is 4.42 Å². The predicted octanol–water partition coefficient (Wildman–Crippen LogP) is 19.2. The minimum Gasteiger partial charge on any atom is -0.468 e. The Bertz CT molecular complexity index is 3900. The van der Waals surface area contributed by atoms with E-state index in [0.29, 0.717) is 0 Å². The average Bonchev–Trinajstić information content (AvgIpc) is 3.60. The maximum atomic E-state index is 7.99. The van der Waals surface area contributed by atoms with E-state index in [1.54, 1.807) is 5.56 Å². The number of fused-ring (bicyclic) bond motifs is 10. The molecule has 0 amide bonds. The van der Waals surface area contributed by atoms with Crippen LogP contribution in [0.3, 0.4) is 0 Å². The number of anilines is 6. The van der Waals surface area contributed by atoms with Gasteiger partial charge in [0.25, 0.3) is 6.71 Å². The van der Waals surface area contributed by atoms with Gasteiger partial charge < -0.3 is 14.2 Å². The van der Waals surface area contributed by atoms with E-state index in [1.807, 2.05) is 0 Å². The second kappa shape index (κ2) is 16.7. The summed E-state index contributed by atoms with van der Waals surface area (Å²) in [4.78, 5) is 5.49. The zero-order valence-electron chi connectivity index (χ0n) is 51.2. The molecule has 0 radical (unpaired) electrons. The van der Waals surface area contributed by atoms with E-state index >= 15 is 0 Å². The highest BCUT2D eigenvalue weighted by Crippen LogP contribution is 2.60. The fraction of sp³-hybridized carbons (Fsp3) is 0.421. The Kier molecular flexibility index (Phi) is 10.8. The third kappa shape index (κ3) is 7.50. The van der Waals surface area contributed by atoms with E-state index in [1.165, 1.54) is 137 Å². The Morgan fingerprint density at radius 2 is 0.863 bits per heavy atom. The highest BCUT2D eigenvalue weighted by Gasteiger charge is 2.53. The molecule has 1 fully saturated rings. The van der Waals surface area contributed by atoms with Gasteiger partial charge in [-0.1, -0.05) is 184 Å². The second-order valence-corrected chi connectivity index (χ2v) is 31.2. The standard InChI is InChI=1S/C76H85BN2O/c1-69(2,3)48-27-28-60(50(37-48)46-23-19-17-20-24-46)78-62-44-56-54(72(9,10)30-32-74(56,13)14)42-59(62)77-66-63(78)38-49(70(4,5)6)39-64(66)79(67-52-41-57-58(45-65(52)80-68(67)77)76(16)35-33-75(57,15)34-36-76)61-43-55-53(71(7,8)29-31-73(55,11)12)40-51(61)47-25-21-18-22-26-47/h17-28,37-45H,29-36H2,1-16H3. The SMILES string of the molecule is CC(C)(C)c1ccc(N2c3cc4c(cc3B3c5oc6cc7c(cc6c5N(c5cc6c(cc5-c5ccccc5)C(C)(C)CCC6(C)C)c5cc(C(C)(C)C)cc2c53)C2(C)CCC7(C)CC2)C(C)(C)CCC4(C)C)c(-c2ccccc2)c1. The van der Waals surface area contributed by atoms with Crippen LogP contribution in [-0.2, 0) is 43.3 Å². The topological polar surface area (TPSA) is 19.6 Å². The monoisotopic (exact) mass is 1050 g/mol. The van der Waals surface area contributed by atoms with Crippen LogP contribution in [0.15, 0.2) is 132 Å². The minimum absolute atomic E-state index is 0.0102. The largest absolute Gasteiger partial charge is 0.468 e. The molecular formula is C76H85BN2O. The van der Waals surface area contributed by atoms with Gasteiger partial charge in [0.1, 0.15) is 5.58 Å². The molecule has 0 atom stereocenters. The molecule has 4 heteroatoms. The predicted molar refractivity (Wildman–Crippen MR) is 342 cm³/mol. The highest BCUT2D eigenvalue weighted by molar-refractivity contribution is 7.00. The first-order valence-corrected chi connectivity index (χ1v) is 30.6. The van der Waals surface area contributed by atoms with Crippen LogP contribution in [0.1, 0.15) is 207 Å². The van der Waals surface area contributed by atoms with E-state index in [0.717, 1.165) is 36.9 Å². The van der Waals surface area contributed by atoms with Gasteiger partial charge in [-0.2, -0.15) is 0 Å². The molecule has 0 spiro atoms. The summed E-state index contributed by atoms with van der Waals surface area (Å²) < 4.78 is 7.99. The van der Waals surface area contributed by atoms with Crippen LogP contribution in [0, 0.1) is 0 Å². The van der Waals surface area contributed by atoms with Crippen molar-refractivity contribution in [3.63, 3.8) is 0 Å². The number of benzene rings is 7. The fourth-order valence-corrected chi connectivity index (χ4v) is 16.1. The van der Waals surface area contributed by atoms with Crippen molar-refractivity contribution >= 4 is 68.4 Å². The van der Waals surface area contributed by atoms with Gasteiger partial charge in [0, 0.05) is 33.6 Å². The van der Waals surface area contributed by atoms with Crippen molar-refractivity contribution in [2.45, 2.75) is 205 Å². The Labute approximate surface area is 479 Å². The van der Waals surface area contributed by atoms with E-state index in [4.69, 9.17) is 4.42 Å². The number of rotatable bonds is 4. The van der Waals surface area contributed by atoms with Gasteiger partial charge in [-0.3, -0.25) is 0 Å². The van der Waals surface area contributed by atoms with E-state index in [-0.39, 0.29) is 50.0 Å². The van der Waals surface area contributed by atoms with Crippen molar-refractivity contribution in [2.24, 2.45) is 0 Å². The molecule has 80 heavy (non-hydrogen) atoms. The summed E-state index contributed by atoms with van der Waals surface area (Å²) >= 11 is 0. The van der Waals surface area contributed by atoms with Crippen LogP contribution < -0.4 is 26.4 Å². The summed E-state index contributed by atoms with van der Waals surface area (Å²) in [5.41, 5.74) is 28.8. The van der Waals surface area contributed by atoms with Crippen LogP contribution in [-0.4, -0.2) is 6.71 Å². The first-order valence-electron chi connectivity index (χ1n) is 30.6. The lowest BCUT2D eigenvalue weighted by atomic mass is 9.35. The summed E-state index contributed by atoms with van der Waals surface area (Å²) in [6.45, 7) is 39.2. The smallest absolute Gasteiger partial charge is 0.297 e. The van der Waals surface area contributed by atoms with Crippen molar-refractivity contribution in [3.8, 4) is 22.3 Å². The van der Waals surface area contributed by atoms with Gasteiger partial charge in [0.05, 0.1) is 22.7 Å². The van der Waals surface area contributed by atoms with Crippen molar-refractivity contribution in [1.82, 2.24) is 0 Å². The number of hydrogen-bond acceptors (Lipinski definition) is 3. The molecule has 408 valence electrons. The van der Waals surface area contributed by atoms with Gasteiger partial charge in [-0.25, -0.2) is 0 Å². The number of nitrogens with zero attached hydrogens (tertiary/aromatic N) is 2. The van der Waals surface area contributed by atoms with E-state index in [2.05, 4.69) is 248 Å². The summed E-state index contributed by atoms with van der Waals surface area (Å²) in [6, 6.07) is 51.0. The molecule has 7 aliphatic rings. The Morgan fingerprint density at radius 3 is 1.39 bits per heavy atom. The summed E-state index contributed by atoms with van der Waals surface area (Å²) in [7, 11) is 0. The molecule has 0 N–H and O–H groups in total. The maximum absolute atomic E-state index is 7.99. The first kappa shape index (κ1) is 51.9. The van der Waals surface area contributed by atoms with Crippen LogP contribution in [0.2, 0.25) is 0 Å². The van der Waals surface area contributed by atoms with Crippen LogP contribution in [0.4, 0.5) is 34.1 Å². The molecule has 2 aliphatic heterocycles. The van der Waals surface area contributed by atoms with E-state index < -0.39 is 0 Å². The molecule has 0 saturated heterocycles. The number of hydrogen-bond donors (Lipinski definition) is 0. The first-order chi connectivity index (χ1) is 37.6. The fourth-order valence-electron chi connectivity index (χ4n) is 16.1. The highest BCUT2D eigenvalue weighted by atomic mass is 16.3. The molecule has 1 saturated carbocycles. The quantitative estimate of drug-likeness (QED) is 0.164.